The quantitative estimate of drug-likeness (QED) is 0.226. The van der Waals surface area contributed by atoms with Crippen LogP contribution in [0.5, 0.6) is 0 Å². The Bertz CT molecular complexity index is 1050. The molecule has 1 aromatic heterocycles. The van der Waals surface area contributed by atoms with Crippen molar-refractivity contribution < 1.29 is 9.59 Å². The van der Waals surface area contributed by atoms with Crippen LogP contribution in [0.4, 0.5) is 5.82 Å². The highest BCUT2D eigenvalue weighted by Gasteiger charge is 2.26. The van der Waals surface area contributed by atoms with Gasteiger partial charge in [-0.25, -0.2) is 4.98 Å². The zero-order valence-corrected chi connectivity index (χ0v) is 28.7. The van der Waals surface area contributed by atoms with Crippen LogP contribution in [0.25, 0.3) is 0 Å². The fourth-order valence-electron chi connectivity index (χ4n) is 5.44. The molecule has 1 aromatic carbocycles. The molecule has 2 aromatic rings. The molecule has 1 saturated heterocycles. The standard InChI is InChI=1S/C15H15ClN2.C12H23NO.C10H20O/c16-14-6-4-12(5-7-14)13-8-10-18(11-13)15-3-1-2-9-17-15;1-9-5-7-10(8-6-9)13-11(14)12(2,3)4;1-4-5-6-7-9(2)10(3)8-11/h1-7,9,13H,8,10-11H2;9-10H,5-8H2,1-4H3,(H,13,14);8-10H,4-7H2,1-3H3. The Kier molecular flexibility index (Phi) is 16.3. The van der Waals surface area contributed by atoms with Crippen molar-refractivity contribution in [3.63, 3.8) is 0 Å². The zero-order valence-electron chi connectivity index (χ0n) is 27.9. The maximum atomic E-state index is 11.7. The van der Waals surface area contributed by atoms with Crippen molar-refractivity contribution in [1.82, 2.24) is 10.3 Å². The van der Waals surface area contributed by atoms with E-state index < -0.39 is 0 Å². The highest BCUT2D eigenvalue weighted by atomic mass is 35.5. The van der Waals surface area contributed by atoms with Gasteiger partial charge in [0.2, 0.25) is 5.91 Å². The van der Waals surface area contributed by atoms with Crippen LogP contribution in [-0.2, 0) is 9.59 Å². The number of aldehydes is 1. The van der Waals surface area contributed by atoms with E-state index in [2.05, 4.69) is 54.2 Å². The third-order valence-corrected chi connectivity index (χ3v) is 9.16. The molecule has 6 heteroatoms. The van der Waals surface area contributed by atoms with Gasteiger partial charge in [0.1, 0.15) is 12.1 Å². The molecule has 3 atom stereocenters. The molecule has 0 bridgehead atoms. The number of benzene rings is 1. The van der Waals surface area contributed by atoms with Crippen LogP contribution in [0.1, 0.15) is 118 Å². The van der Waals surface area contributed by atoms with Crippen LogP contribution in [-0.4, -0.2) is 36.3 Å². The molecule has 3 unspecified atom stereocenters. The predicted octanol–water partition coefficient (Wildman–Crippen LogP) is 9.49. The molecular weight excluding hydrogens is 554 g/mol. The van der Waals surface area contributed by atoms with E-state index in [1.807, 2.05) is 58.2 Å². The molecule has 2 heterocycles. The first-order valence-electron chi connectivity index (χ1n) is 16.6. The van der Waals surface area contributed by atoms with E-state index in [1.165, 1.54) is 50.5 Å². The van der Waals surface area contributed by atoms with Crippen LogP contribution in [0.3, 0.4) is 0 Å². The summed E-state index contributed by atoms with van der Waals surface area (Å²) in [5, 5.41) is 3.94. The maximum absolute atomic E-state index is 11.7. The summed E-state index contributed by atoms with van der Waals surface area (Å²) in [6.45, 7) is 16.7. The monoisotopic (exact) mass is 611 g/mol. The Morgan fingerprint density at radius 3 is 2.28 bits per heavy atom. The molecule has 0 radical (unpaired) electrons. The van der Waals surface area contributed by atoms with E-state index in [4.69, 9.17) is 11.6 Å². The minimum Gasteiger partial charge on any atom is -0.356 e. The first kappa shape index (κ1) is 36.8. The topological polar surface area (TPSA) is 62.3 Å². The summed E-state index contributed by atoms with van der Waals surface area (Å²) in [5.41, 5.74) is 1.13. The molecule has 4 rings (SSSR count). The van der Waals surface area contributed by atoms with Crippen LogP contribution in [0.15, 0.2) is 48.7 Å². The van der Waals surface area contributed by atoms with Crippen molar-refractivity contribution in [1.29, 1.82) is 0 Å². The van der Waals surface area contributed by atoms with Gasteiger partial charge in [0.15, 0.2) is 0 Å². The van der Waals surface area contributed by atoms with Gasteiger partial charge in [-0.2, -0.15) is 0 Å². The van der Waals surface area contributed by atoms with Gasteiger partial charge in [-0.3, -0.25) is 4.79 Å². The summed E-state index contributed by atoms with van der Waals surface area (Å²) < 4.78 is 0. The fourth-order valence-corrected chi connectivity index (χ4v) is 5.56. The lowest BCUT2D eigenvalue weighted by Crippen LogP contribution is -2.43. The number of nitrogens with one attached hydrogen (secondary N) is 1. The molecule has 43 heavy (non-hydrogen) atoms. The number of rotatable bonds is 9. The van der Waals surface area contributed by atoms with Gasteiger partial charge in [-0.05, 0) is 73.8 Å². The Labute approximate surface area is 267 Å². The number of carbonyl (C=O) groups excluding carboxylic acids is 2. The molecule has 1 aliphatic heterocycles. The lowest BCUT2D eigenvalue weighted by atomic mass is 9.86. The second-order valence-electron chi connectivity index (χ2n) is 13.8. The Balaban J connectivity index is 0.000000234. The van der Waals surface area contributed by atoms with Gasteiger partial charge in [-0.1, -0.05) is 104 Å². The zero-order chi connectivity index (χ0) is 31.8. The van der Waals surface area contributed by atoms with Crippen molar-refractivity contribution >= 4 is 29.6 Å². The number of pyridine rings is 1. The minimum atomic E-state index is -0.247. The minimum absolute atomic E-state index is 0.192. The van der Waals surface area contributed by atoms with Gasteiger partial charge in [-0.15, -0.1) is 0 Å². The number of halogens is 1. The van der Waals surface area contributed by atoms with Gasteiger partial charge in [0.25, 0.3) is 0 Å². The van der Waals surface area contributed by atoms with Crippen LogP contribution >= 0.6 is 11.6 Å². The highest BCUT2D eigenvalue weighted by molar-refractivity contribution is 6.30. The average Bonchev–Trinajstić information content (AvgIpc) is 3.49. The number of nitrogens with zero attached hydrogens (tertiary/aromatic N) is 2. The molecule has 2 fully saturated rings. The summed E-state index contributed by atoms with van der Waals surface area (Å²) in [6, 6.07) is 14.7. The molecular formula is C37H58ClN3O2. The van der Waals surface area contributed by atoms with Crippen molar-refractivity contribution in [2.45, 2.75) is 118 Å². The summed E-state index contributed by atoms with van der Waals surface area (Å²) in [6.07, 6.45) is 14.0. The van der Waals surface area contributed by atoms with Crippen LogP contribution < -0.4 is 10.2 Å². The van der Waals surface area contributed by atoms with Crippen molar-refractivity contribution in [3.8, 4) is 0 Å². The fraction of sp³-hybridized carbons (Fsp3) is 0.649. The third kappa shape index (κ3) is 13.8. The highest BCUT2D eigenvalue weighted by Crippen LogP contribution is 2.30. The molecule has 2 aliphatic rings. The second kappa shape index (κ2) is 19.1. The van der Waals surface area contributed by atoms with Gasteiger partial charge >= 0.3 is 0 Å². The van der Waals surface area contributed by atoms with E-state index in [0.29, 0.717) is 17.9 Å². The lowest BCUT2D eigenvalue weighted by molar-refractivity contribution is -0.129. The number of hydrogen-bond donors (Lipinski definition) is 1. The van der Waals surface area contributed by atoms with E-state index >= 15 is 0 Å². The molecule has 1 aliphatic carbocycles. The van der Waals surface area contributed by atoms with Crippen molar-refractivity contribution in [2.75, 3.05) is 18.0 Å². The first-order chi connectivity index (χ1) is 20.4. The molecule has 240 valence electrons. The second-order valence-corrected chi connectivity index (χ2v) is 14.3. The van der Waals surface area contributed by atoms with Gasteiger partial charge in [0.05, 0.1) is 0 Å². The summed E-state index contributed by atoms with van der Waals surface area (Å²) in [7, 11) is 0. The SMILES string of the molecule is CC1CCC(NC(=O)C(C)(C)C)CC1.CCCCCC(C)C(C)C=O.Clc1ccc(C2CCN(c3ccccn3)C2)cc1. The Morgan fingerprint density at radius 2 is 1.72 bits per heavy atom. The largest absolute Gasteiger partial charge is 0.356 e. The molecule has 5 nitrogen and oxygen atoms in total. The molecule has 1 N–H and O–H groups in total. The summed E-state index contributed by atoms with van der Waals surface area (Å²) in [5.74, 6) is 3.51. The van der Waals surface area contributed by atoms with Crippen LogP contribution in [0.2, 0.25) is 5.02 Å². The molecule has 1 amide bonds. The number of anilines is 1. The number of aromatic nitrogens is 1. The van der Waals surface area contributed by atoms with Crippen molar-refractivity contribution in [3.05, 3.63) is 59.2 Å². The summed E-state index contributed by atoms with van der Waals surface area (Å²) in [4.78, 5) is 28.8. The maximum Gasteiger partial charge on any atom is 0.225 e. The van der Waals surface area contributed by atoms with Gasteiger partial charge < -0.3 is 15.0 Å². The first-order valence-corrected chi connectivity index (χ1v) is 17.0. The predicted molar refractivity (Wildman–Crippen MR) is 183 cm³/mol. The van der Waals surface area contributed by atoms with E-state index in [0.717, 1.165) is 49.0 Å². The number of amides is 1. The number of hydrogen-bond acceptors (Lipinski definition) is 4. The molecule has 1 saturated carbocycles. The smallest absolute Gasteiger partial charge is 0.225 e. The van der Waals surface area contributed by atoms with E-state index in [9.17, 15) is 9.59 Å². The normalized spacial score (nSPS) is 21.4. The average molecular weight is 612 g/mol. The number of unbranched alkanes of at least 4 members (excludes halogenated alkanes) is 2. The van der Waals surface area contributed by atoms with Crippen molar-refractivity contribution in [2.24, 2.45) is 23.2 Å². The Morgan fingerprint density at radius 1 is 1.05 bits per heavy atom. The van der Waals surface area contributed by atoms with E-state index in [-0.39, 0.29) is 17.2 Å². The summed E-state index contributed by atoms with van der Waals surface area (Å²) >= 11 is 5.92. The lowest BCUT2D eigenvalue weighted by Gasteiger charge is -2.29. The molecule has 0 spiro atoms. The Hall–Kier alpha value is -2.40. The van der Waals surface area contributed by atoms with Gasteiger partial charge in [0, 0.05) is 47.6 Å². The third-order valence-electron chi connectivity index (χ3n) is 8.91. The van der Waals surface area contributed by atoms with Crippen LogP contribution in [0, 0.1) is 23.2 Å². The van der Waals surface area contributed by atoms with E-state index in [1.54, 1.807) is 0 Å². The number of carbonyl (C=O) groups is 2.